The molecule has 0 aromatic carbocycles. The largest absolute Gasteiger partial charge is 0.329 e. The minimum absolute atomic E-state index is 0.337. The first-order valence-corrected chi connectivity index (χ1v) is 2.94. The van der Waals surface area contributed by atoms with Gasteiger partial charge in [-0.15, -0.1) is 0 Å². The van der Waals surface area contributed by atoms with Crippen LogP contribution in [-0.4, -0.2) is 18.7 Å². The van der Waals surface area contributed by atoms with Gasteiger partial charge >= 0.3 is 0 Å². The Bertz CT molecular complexity index is 76.8. The molecule has 1 rings (SSSR count). The predicted molar refractivity (Wildman–Crippen MR) is 31.1 cm³/mol. The molecule has 0 amide bonds. The van der Waals surface area contributed by atoms with E-state index >= 15 is 0 Å². The van der Waals surface area contributed by atoms with E-state index in [1.807, 2.05) is 6.92 Å². The van der Waals surface area contributed by atoms with E-state index in [9.17, 15) is 0 Å². The van der Waals surface area contributed by atoms with Crippen molar-refractivity contribution in [3.05, 3.63) is 0 Å². The number of nitrogens with two attached hydrogens (primary N) is 1. The van der Waals surface area contributed by atoms with Gasteiger partial charge in [0, 0.05) is 12.6 Å². The fraction of sp³-hybridized carbons (Fsp3) is 1.00. The molecule has 1 fully saturated rings. The first-order chi connectivity index (χ1) is 3.83. The highest BCUT2D eigenvalue weighted by molar-refractivity contribution is 4.71. The van der Waals surface area contributed by atoms with Crippen molar-refractivity contribution in [2.75, 3.05) is 6.54 Å². The number of rotatable bonds is 1. The van der Waals surface area contributed by atoms with E-state index in [4.69, 9.17) is 10.6 Å². The minimum Gasteiger partial charge on any atom is -0.329 e. The van der Waals surface area contributed by atoms with Crippen LogP contribution >= 0.6 is 0 Å². The molecule has 0 radical (unpaired) electrons. The molecule has 0 aromatic heterocycles. The molecule has 2 atom stereocenters. The van der Waals surface area contributed by atoms with Gasteiger partial charge in [-0.25, -0.2) is 0 Å². The maximum absolute atomic E-state index is 5.35. The van der Waals surface area contributed by atoms with Gasteiger partial charge in [-0.1, -0.05) is 0 Å². The van der Waals surface area contributed by atoms with Gasteiger partial charge in [0.05, 0.1) is 6.10 Å². The summed E-state index contributed by atoms with van der Waals surface area (Å²) in [6.07, 6.45) is 1.37. The van der Waals surface area contributed by atoms with Gasteiger partial charge in [-0.3, -0.25) is 4.84 Å². The molecule has 1 aliphatic rings. The first-order valence-electron chi connectivity index (χ1n) is 2.94. The Kier molecular flexibility index (Phi) is 1.83. The van der Waals surface area contributed by atoms with Crippen molar-refractivity contribution in [2.45, 2.75) is 25.5 Å². The summed E-state index contributed by atoms with van der Waals surface area (Å²) in [6.45, 7) is 2.70. The van der Waals surface area contributed by atoms with Crippen molar-refractivity contribution < 1.29 is 4.84 Å². The Balaban J connectivity index is 2.22. The van der Waals surface area contributed by atoms with Crippen LogP contribution in [-0.2, 0) is 4.84 Å². The Hall–Kier alpha value is -0.120. The van der Waals surface area contributed by atoms with Crippen molar-refractivity contribution in [1.29, 1.82) is 0 Å². The van der Waals surface area contributed by atoms with Crippen LogP contribution in [0.4, 0.5) is 0 Å². The van der Waals surface area contributed by atoms with Crippen LogP contribution < -0.4 is 11.2 Å². The lowest BCUT2D eigenvalue weighted by Crippen LogP contribution is -2.28. The zero-order chi connectivity index (χ0) is 5.98. The van der Waals surface area contributed by atoms with Crippen molar-refractivity contribution in [1.82, 2.24) is 5.48 Å². The smallest absolute Gasteiger partial charge is 0.0778 e. The first kappa shape index (κ1) is 6.01. The number of nitrogens with one attached hydrogen (secondary N) is 1. The number of hydrogen-bond acceptors (Lipinski definition) is 3. The second-order valence-corrected chi connectivity index (χ2v) is 2.21. The Morgan fingerprint density at radius 2 is 2.62 bits per heavy atom. The second kappa shape index (κ2) is 2.44. The van der Waals surface area contributed by atoms with Crippen LogP contribution in [0.5, 0.6) is 0 Å². The lowest BCUT2D eigenvalue weighted by atomic mass is 10.2. The SMILES string of the molecule is CC1CC(CN)NO1. The van der Waals surface area contributed by atoms with Gasteiger partial charge in [0.1, 0.15) is 0 Å². The lowest BCUT2D eigenvalue weighted by Gasteiger charge is -1.99. The lowest BCUT2D eigenvalue weighted by molar-refractivity contribution is 0.0373. The molecule has 48 valence electrons. The normalized spacial score (nSPS) is 38.2. The minimum atomic E-state index is 0.337. The van der Waals surface area contributed by atoms with Gasteiger partial charge in [-0.2, -0.15) is 5.48 Å². The molecule has 0 bridgehead atoms. The molecule has 8 heavy (non-hydrogen) atoms. The van der Waals surface area contributed by atoms with Crippen LogP contribution in [0.3, 0.4) is 0 Å². The zero-order valence-corrected chi connectivity index (χ0v) is 5.05. The zero-order valence-electron chi connectivity index (χ0n) is 5.05. The standard InChI is InChI=1S/C5H12N2O/c1-4-2-5(3-6)7-8-4/h4-5,7H,2-3,6H2,1H3. The summed E-state index contributed by atoms with van der Waals surface area (Å²) in [5, 5.41) is 0. The average Bonchev–Trinajstić information content (AvgIpc) is 2.14. The maximum Gasteiger partial charge on any atom is 0.0778 e. The highest BCUT2D eigenvalue weighted by Gasteiger charge is 2.19. The van der Waals surface area contributed by atoms with Crippen LogP contribution in [0.2, 0.25) is 0 Å². The summed E-state index contributed by atoms with van der Waals surface area (Å²) in [4.78, 5) is 5.03. The molecule has 1 saturated heterocycles. The van der Waals surface area contributed by atoms with Crippen molar-refractivity contribution in [3.63, 3.8) is 0 Å². The molecule has 3 heteroatoms. The van der Waals surface area contributed by atoms with E-state index in [2.05, 4.69) is 5.48 Å². The van der Waals surface area contributed by atoms with Gasteiger partial charge < -0.3 is 5.73 Å². The summed E-state index contributed by atoms with van der Waals surface area (Å²) in [5.74, 6) is 0. The van der Waals surface area contributed by atoms with Crippen molar-refractivity contribution in [2.24, 2.45) is 5.73 Å². The van der Waals surface area contributed by atoms with Gasteiger partial charge in [0.2, 0.25) is 0 Å². The van der Waals surface area contributed by atoms with E-state index in [1.165, 1.54) is 0 Å². The molecular weight excluding hydrogens is 104 g/mol. The number of hydroxylamine groups is 1. The predicted octanol–water partition coefficient (Wildman–Crippen LogP) is -0.373. The molecule has 1 heterocycles. The van der Waals surface area contributed by atoms with E-state index in [1.54, 1.807) is 0 Å². The highest BCUT2D eigenvalue weighted by atomic mass is 16.7. The van der Waals surface area contributed by atoms with Crippen LogP contribution in [0.15, 0.2) is 0 Å². The topological polar surface area (TPSA) is 47.3 Å². The molecule has 0 aliphatic carbocycles. The fourth-order valence-corrected chi connectivity index (χ4v) is 0.854. The molecule has 3 nitrogen and oxygen atoms in total. The third-order valence-electron chi connectivity index (χ3n) is 1.34. The van der Waals surface area contributed by atoms with E-state index in [0.29, 0.717) is 18.7 Å². The van der Waals surface area contributed by atoms with Gasteiger partial charge in [0.25, 0.3) is 0 Å². The summed E-state index contributed by atoms with van der Waals surface area (Å²) >= 11 is 0. The van der Waals surface area contributed by atoms with Gasteiger partial charge in [0.15, 0.2) is 0 Å². The summed E-state index contributed by atoms with van der Waals surface area (Å²) in [7, 11) is 0. The van der Waals surface area contributed by atoms with Crippen LogP contribution in [0, 0.1) is 0 Å². The molecular formula is C5H12N2O. The molecule has 0 spiro atoms. The molecule has 0 saturated carbocycles. The average molecular weight is 116 g/mol. The monoisotopic (exact) mass is 116 g/mol. The van der Waals surface area contributed by atoms with E-state index < -0.39 is 0 Å². The third-order valence-corrected chi connectivity index (χ3v) is 1.34. The Labute approximate surface area is 49.2 Å². The molecule has 2 unspecified atom stereocenters. The van der Waals surface area contributed by atoms with Crippen molar-refractivity contribution >= 4 is 0 Å². The molecule has 0 aromatic rings. The maximum atomic E-state index is 5.35. The number of hydrogen-bond donors (Lipinski definition) is 2. The third kappa shape index (κ3) is 1.18. The Morgan fingerprint density at radius 3 is 2.88 bits per heavy atom. The van der Waals surface area contributed by atoms with Crippen LogP contribution in [0.1, 0.15) is 13.3 Å². The molecule has 3 N–H and O–H groups in total. The quantitative estimate of drug-likeness (QED) is 0.491. The highest BCUT2D eigenvalue weighted by Crippen LogP contribution is 2.07. The summed E-state index contributed by atoms with van der Waals surface area (Å²) in [5.41, 5.74) is 8.18. The van der Waals surface area contributed by atoms with E-state index in [0.717, 1.165) is 6.42 Å². The van der Waals surface area contributed by atoms with Crippen molar-refractivity contribution in [3.8, 4) is 0 Å². The Morgan fingerprint density at radius 1 is 1.88 bits per heavy atom. The van der Waals surface area contributed by atoms with E-state index in [-0.39, 0.29) is 0 Å². The van der Waals surface area contributed by atoms with Crippen LogP contribution in [0.25, 0.3) is 0 Å². The van der Waals surface area contributed by atoms with Gasteiger partial charge in [-0.05, 0) is 13.3 Å². The molecule has 1 aliphatic heterocycles. The summed E-state index contributed by atoms with van der Waals surface area (Å²) < 4.78 is 0. The summed E-state index contributed by atoms with van der Waals surface area (Å²) in [6, 6.07) is 0.380. The fourth-order valence-electron chi connectivity index (χ4n) is 0.854. The second-order valence-electron chi connectivity index (χ2n) is 2.21.